The van der Waals surface area contributed by atoms with E-state index in [-0.39, 0.29) is 12.0 Å². The average Bonchev–Trinajstić information content (AvgIpc) is 2.49. The van der Waals surface area contributed by atoms with Gasteiger partial charge in [0.2, 0.25) is 0 Å². The molecule has 0 heterocycles. The molecule has 0 saturated heterocycles. The summed E-state index contributed by atoms with van der Waals surface area (Å²) in [4.78, 5) is 21.9. The van der Waals surface area contributed by atoms with E-state index in [1.165, 1.54) is 0 Å². The van der Waals surface area contributed by atoms with Gasteiger partial charge >= 0.3 is 11.9 Å². The van der Waals surface area contributed by atoms with Gasteiger partial charge < -0.3 is 10.2 Å². The first-order chi connectivity index (χ1) is 10.5. The van der Waals surface area contributed by atoms with Crippen molar-refractivity contribution in [1.29, 1.82) is 0 Å². The summed E-state index contributed by atoms with van der Waals surface area (Å²) in [5, 5.41) is 17.9. The van der Waals surface area contributed by atoms with Crippen LogP contribution in [0.25, 0.3) is 11.1 Å². The minimum atomic E-state index is -1.27. The van der Waals surface area contributed by atoms with Crippen LogP contribution in [0, 0.1) is 0 Å². The molecule has 0 bridgehead atoms. The molecule has 2 rings (SSSR count). The van der Waals surface area contributed by atoms with Crippen molar-refractivity contribution < 1.29 is 19.8 Å². The third-order valence-corrected chi connectivity index (χ3v) is 3.88. The van der Waals surface area contributed by atoms with Gasteiger partial charge in [-0.05, 0) is 28.8 Å². The van der Waals surface area contributed by atoms with E-state index in [4.69, 9.17) is 10.2 Å². The molecule has 22 heavy (non-hydrogen) atoms. The fraction of sp³-hybridized carbons (Fsp3) is 0.0588. The summed E-state index contributed by atoms with van der Waals surface area (Å²) in [5.41, 5.74) is 2.50. The Kier molecular flexibility index (Phi) is 5.12. The number of carbonyl (C=O) groups is 2. The van der Waals surface area contributed by atoms with Crippen LogP contribution in [-0.4, -0.2) is 22.2 Å². The van der Waals surface area contributed by atoms with Crippen LogP contribution >= 0.6 is 15.9 Å². The molecule has 0 spiro atoms. The summed E-state index contributed by atoms with van der Waals surface area (Å²) in [6.07, 6.45) is 0.757. The van der Waals surface area contributed by atoms with Crippen LogP contribution in [0.2, 0.25) is 0 Å². The van der Waals surface area contributed by atoms with Gasteiger partial charge in [-0.1, -0.05) is 52.3 Å². The molecule has 0 aliphatic carbocycles. The van der Waals surface area contributed by atoms with Gasteiger partial charge in [0.25, 0.3) is 0 Å². The number of carboxylic acids is 2. The molecule has 2 aromatic rings. The Morgan fingerprint density at radius 1 is 1.00 bits per heavy atom. The van der Waals surface area contributed by atoms with Crippen molar-refractivity contribution in [1.82, 2.24) is 0 Å². The highest BCUT2D eigenvalue weighted by Gasteiger charge is 2.13. The second-order valence-electron chi connectivity index (χ2n) is 4.66. The number of hydrogen-bond donors (Lipinski definition) is 2. The van der Waals surface area contributed by atoms with Gasteiger partial charge in [0, 0.05) is 22.5 Å². The number of carboxylic acid groups (broad SMARTS) is 2. The summed E-state index contributed by atoms with van der Waals surface area (Å²) in [6, 6.07) is 15.3. The minimum absolute atomic E-state index is 0.0306. The Morgan fingerprint density at radius 3 is 2.27 bits per heavy atom. The van der Waals surface area contributed by atoms with E-state index in [0.29, 0.717) is 0 Å². The van der Waals surface area contributed by atoms with E-state index < -0.39 is 11.9 Å². The van der Waals surface area contributed by atoms with Gasteiger partial charge in [-0.15, -0.1) is 0 Å². The van der Waals surface area contributed by atoms with Crippen LogP contribution in [0.1, 0.15) is 5.56 Å². The predicted molar refractivity (Wildman–Crippen MR) is 86.6 cm³/mol. The molecule has 0 aromatic heterocycles. The number of hydrogen-bond acceptors (Lipinski definition) is 2. The van der Waals surface area contributed by atoms with Crippen molar-refractivity contribution in [3.8, 4) is 11.1 Å². The quantitative estimate of drug-likeness (QED) is 0.796. The van der Waals surface area contributed by atoms with Crippen molar-refractivity contribution in [3.05, 3.63) is 70.2 Å². The van der Waals surface area contributed by atoms with Crippen molar-refractivity contribution in [3.63, 3.8) is 0 Å². The standard InChI is InChI=1S/C17H13BrO4/c18-15-7-6-12(11-4-2-1-3-5-11)8-13(15)9-14(17(21)22)10-16(19)20/h1-8,10H,9H2,(H,19,20)(H,21,22)/b14-10-. The van der Waals surface area contributed by atoms with E-state index >= 15 is 0 Å². The van der Waals surface area contributed by atoms with E-state index in [1.807, 2.05) is 48.5 Å². The van der Waals surface area contributed by atoms with Crippen LogP contribution in [0.15, 0.2) is 64.7 Å². The Morgan fingerprint density at radius 2 is 1.68 bits per heavy atom. The SMILES string of the molecule is O=C(O)/C=C(/Cc1cc(-c2ccccc2)ccc1Br)C(=O)O. The topological polar surface area (TPSA) is 74.6 Å². The van der Waals surface area contributed by atoms with Crippen molar-refractivity contribution in [2.24, 2.45) is 0 Å². The lowest BCUT2D eigenvalue weighted by Gasteiger charge is -2.09. The lowest BCUT2D eigenvalue weighted by Crippen LogP contribution is -2.07. The third-order valence-electron chi connectivity index (χ3n) is 3.11. The first-order valence-electron chi connectivity index (χ1n) is 6.48. The second-order valence-corrected chi connectivity index (χ2v) is 5.52. The largest absolute Gasteiger partial charge is 0.478 e. The average molecular weight is 361 g/mol. The normalized spacial score (nSPS) is 11.2. The van der Waals surface area contributed by atoms with Gasteiger partial charge in [-0.25, -0.2) is 9.59 Å². The summed E-state index contributed by atoms with van der Waals surface area (Å²) in [5.74, 6) is -2.51. The first-order valence-corrected chi connectivity index (χ1v) is 7.27. The highest BCUT2D eigenvalue weighted by Crippen LogP contribution is 2.27. The number of rotatable bonds is 5. The van der Waals surface area contributed by atoms with Crippen molar-refractivity contribution >= 4 is 27.9 Å². The van der Waals surface area contributed by atoms with Gasteiger partial charge in [0.1, 0.15) is 0 Å². The van der Waals surface area contributed by atoms with Crippen LogP contribution in [0.3, 0.4) is 0 Å². The molecule has 0 atom stereocenters. The molecule has 0 amide bonds. The molecule has 0 saturated carbocycles. The van der Waals surface area contributed by atoms with E-state index in [0.717, 1.165) is 27.2 Å². The molecule has 0 aliphatic heterocycles. The highest BCUT2D eigenvalue weighted by molar-refractivity contribution is 9.10. The maximum atomic E-state index is 11.2. The summed E-state index contributed by atoms with van der Waals surface area (Å²) in [6.45, 7) is 0. The number of halogens is 1. The maximum Gasteiger partial charge on any atom is 0.332 e. The maximum absolute atomic E-state index is 11.2. The molecule has 2 N–H and O–H groups in total. The van der Waals surface area contributed by atoms with Gasteiger partial charge in [0.15, 0.2) is 0 Å². The number of benzene rings is 2. The molecule has 0 unspecified atom stereocenters. The predicted octanol–water partition coefficient (Wildman–Crippen LogP) is 3.75. The summed E-state index contributed by atoms with van der Waals surface area (Å²) in [7, 11) is 0. The van der Waals surface area contributed by atoms with Gasteiger partial charge in [0.05, 0.1) is 0 Å². The lowest BCUT2D eigenvalue weighted by atomic mass is 9.99. The monoisotopic (exact) mass is 360 g/mol. The fourth-order valence-electron chi connectivity index (χ4n) is 2.06. The zero-order valence-corrected chi connectivity index (χ0v) is 13.1. The zero-order valence-electron chi connectivity index (χ0n) is 11.5. The number of aliphatic carboxylic acids is 2. The lowest BCUT2D eigenvalue weighted by molar-refractivity contribution is -0.135. The Labute approximate surface area is 135 Å². The van der Waals surface area contributed by atoms with E-state index in [1.54, 1.807) is 0 Å². The zero-order chi connectivity index (χ0) is 16.1. The molecular formula is C17H13BrO4. The Bertz CT molecular complexity index is 736. The fourth-order valence-corrected chi connectivity index (χ4v) is 2.45. The highest BCUT2D eigenvalue weighted by atomic mass is 79.9. The molecular weight excluding hydrogens is 348 g/mol. The Hall–Kier alpha value is -2.40. The molecule has 0 aliphatic rings. The molecule has 2 aromatic carbocycles. The minimum Gasteiger partial charge on any atom is -0.478 e. The second kappa shape index (κ2) is 7.04. The van der Waals surface area contributed by atoms with Crippen molar-refractivity contribution in [2.45, 2.75) is 6.42 Å². The first kappa shape index (κ1) is 16.0. The molecule has 0 fully saturated rings. The summed E-state index contributed by atoms with van der Waals surface area (Å²) < 4.78 is 0.740. The van der Waals surface area contributed by atoms with Gasteiger partial charge in [-0.2, -0.15) is 0 Å². The van der Waals surface area contributed by atoms with Crippen LogP contribution in [0.5, 0.6) is 0 Å². The summed E-state index contributed by atoms with van der Waals surface area (Å²) >= 11 is 3.38. The third kappa shape index (κ3) is 4.05. The smallest absolute Gasteiger partial charge is 0.332 e. The van der Waals surface area contributed by atoms with E-state index in [9.17, 15) is 9.59 Å². The molecule has 112 valence electrons. The van der Waals surface area contributed by atoms with Crippen LogP contribution in [0.4, 0.5) is 0 Å². The molecule has 4 nitrogen and oxygen atoms in total. The van der Waals surface area contributed by atoms with Crippen LogP contribution < -0.4 is 0 Å². The molecule has 0 radical (unpaired) electrons. The van der Waals surface area contributed by atoms with E-state index in [2.05, 4.69) is 15.9 Å². The Balaban J connectivity index is 2.39. The van der Waals surface area contributed by atoms with Crippen LogP contribution in [-0.2, 0) is 16.0 Å². The van der Waals surface area contributed by atoms with Gasteiger partial charge in [-0.3, -0.25) is 0 Å². The van der Waals surface area contributed by atoms with Crippen molar-refractivity contribution in [2.75, 3.05) is 0 Å². The molecule has 5 heteroatoms.